The van der Waals surface area contributed by atoms with E-state index in [1.54, 1.807) is 0 Å². The Morgan fingerprint density at radius 3 is 2.69 bits per heavy atom. The topological polar surface area (TPSA) is 66.1 Å². The second-order valence-corrected chi connectivity index (χ2v) is 6.48. The third-order valence-corrected chi connectivity index (χ3v) is 5.63. The van der Waals surface area contributed by atoms with Gasteiger partial charge in [-0.2, -0.15) is 9.40 Å². The summed E-state index contributed by atoms with van der Waals surface area (Å²) in [5, 5.41) is 7.32. The lowest BCUT2D eigenvalue weighted by Crippen LogP contribution is -2.38. The summed E-state index contributed by atoms with van der Waals surface area (Å²) in [6.07, 6.45) is 3.29. The van der Waals surface area contributed by atoms with Crippen LogP contribution in [0.25, 0.3) is 0 Å². The maximum absolute atomic E-state index is 12.1. The highest BCUT2D eigenvalue weighted by Crippen LogP contribution is 2.23. The van der Waals surface area contributed by atoms with Crippen LogP contribution in [0.2, 0.25) is 0 Å². The van der Waals surface area contributed by atoms with Crippen LogP contribution in [0.4, 0.5) is 0 Å². The third-order valence-electron chi connectivity index (χ3n) is 2.88. The molecule has 0 atom stereocenters. The lowest BCUT2D eigenvalue weighted by molar-refractivity contribution is 0.291. The molecule has 7 heteroatoms. The van der Waals surface area contributed by atoms with E-state index in [0.29, 0.717) is 19.0 Å². The lowest BCUT2D eigenvalue weighted by atomic mass is 10.0. The summed E-state index contributed by atoms with van der Waals surface area (Å²) in [5.41, 5.74) is 0. The number of aromatic amines is 1. The summed E-state index contributed by atoms with van der Waals surface area (Å²) < 4.78 is 25.7. The Morgan fingerprint density at radius 1 is 1.50 bits per heavy atom. The maximum atomic E-state index is 12.1. The molecular weight excluding hydrogens is 294 g/mol. The largest absolute Gasteiger partial charge is 0.266 e. The molecule has 0 bridgehead atoms. The second-order valence-electron chi connectivity index (χ2n) is 3.92. The second kappa shape index (κ2) is 4.85. The first-order valence-electron chi connectivity index (χ1n) is 5.20. The molecule has 1 N–H and O–H groups in total. The van der Waals surface area contributed by atoms with Gasteiger partial charge in [-0.05, 0) is 24.8 Å². The molecule has 1 aromatic heterocycles. The molecule has 0 amide bonds. The monoisotopic (exact) mass is 307 g/mol. The minimum atomic E-state index is -3.35. The Labute approximate surface area is 103 Å². The summed E-state index contributed by atoms with van der Waals surface area (Å²) in [6.45, 7) is 1.19. The average Bonchev–Trinajstić information content (AvgIpc) is 2.83. The zero-order valence-corrected chi connectivity index (χ0v) is 11.2. The van der Waals surface area contributed by atoms with Crippen LogP contribution >= 0.6 is 15.9 Å². The van der Waals surface area contributed by atoms with Crippen molar-refractivity contribution in [3.05, 3.63) is 12.3 Å². The summed E-state index contributed by atoms with van der Waals surface area (Å²) in [5.74, 6) is 0.591. The number of nitrogens with one attached hydrogen (secondary N) is 1. The molecule has 2 rings (SSSR count). The van der Waals surface area contributed by atoms with E-state index >= 15 is 0 Å². The van der Waals surface area contributed by atoms with E-state index in [0.717, 1.165) is 18.2 Å². The standard InChI is InChI=1S/C9H14BrN3O2S/c10-7-8-2-5-13(6-3-8)16(14,15)9-1-4-11-12-9/h1,4,8H,2-3,5-7H2,(H,11,12). The number of hydrogen-bond donors (Lipinski definition) is 1. The molecule has 0 radical (unpaired) electrons. The maximum Gasteiger partial charge on any atom is 0.259 e. The first-order valence-corrected chi connectivity index (χ1v) is 7.76. The number of H-pyrrole nitrogens is 1. The van der Waals surface area contributed by atoms with Crippen molar-refractivity contribution in [3.63, 3.8) is 0 Å². The molecule has 1 aromatic rings. The Hall–Kier alpha value is -0.400. The van der Waals surface area contributed by atoms with E-state index in [1.165, 1.54) is 16.6 Å². The SMILES string of the molecule is O=S(=O)(c1ccn[nH]1)N1CCC(CBr)CC1. The number of piperidine rings is 1. The van der Waals surface area contributed by atoms with Crippen molar-refractivity contribution in [2.24, 2.45) is 5.92 Å². The Balaban J connectivity index is 2.09. The predicted molar refractivity (Wildman–Crippen MR) is 63.9 cm³/mol. The van der Waals surface area contributed by atoms with Crippen molar-refractivity contribution >= 4 is 26.0 Å². The molecule has 1 aliphatic rings. The fourth-order valence-electron chi connectivity index (χ4n) is 1.83. The van der Waals surface area contributed by atoms with E-state index in [-0.39, 0.29) is 5.03 Å². The number of aromatic nitrogens is 2. The number of nitrogens with zero attached hydrogens (tertiary/aromatic N) is 2. The lowest BCUT2D eigenvalue weighted by Gasteiger charge is -2.29. The van der Waals surface area contributed by atoms with Crippen molar-refractivity contribution < 1.29 is 8.42 Å². The van der Waals surface area contributed by atoms with Gasteiger partial charge in [0.05, 0.1) is 6.20 Å². The van der Waals surface area contributed by atoms with Crippen molar-refractivity contribution in [3.8, 4) is 0 Å². The van der Waals surface area contributed by atoms with E-state index < -0.39 is 10.0 Å². The molecule has 1 aliphatic heterocycles. The molecule has 1 saturated heterocycles. The van der Waals surface area contributed by atoms with Crippen LogP contribution < -0.4 is 0 Å². The van der Waals surface area contributed by atoms with Gasteiger partial charge < -0.3 is 0 Å². The third kappa shape index (κ3) is 2.31. The van der Waals surface area contributed by atoms with Gasteiger partial charge in [-0.1, -0.05) is 15.9 Å². The van der Waals surface area contributed by atoms with Crippen LogP contribution in [0.15, 0.2) is 17.3 Å². The van der Waals surface area contributed by atoms with Crippen LogP contribution in [-0.4, -0.2) is 41.3 Å². The molecule has 0 aromatic carbocycles. The number of alkyl halides is 1. The highest BCUT2D eigenvalue weighted by Gasteiger charge is 2.29. The molecule has 0 aliphatic carbocycles. The van der Waals surface area contributed by atoms with E-state index in [2.05, 4.69) is 26.1 Å². The Bertz CT molecular complexity index is 424. The first-order chi connectivity index (χ1) is 7.64. The average molecular weight is 308 g/mol. The summed E-state index contributed by atoms with van der Waals surface area (Å²) in [4.78, 5) is 0. The Morgan fingerprint density at radius 2 is 2.19 bits per heavy atom. The van der Waals surface area contributed by atoms with Gasteiger partial charge in [0.15, 0.2) is 5.03 Å². The zero-order chi connectivity index (χ0) is 11.6. The molecule has 1 fully saturated rings. The van der Waals surface area contributed by atoms with Crippen molar-refractivity contribution in [2.45, 2.75) is 17.9 Å². The fraction of sp³-hybridized carbons (Fsp3) is 0.667. The molecule has 0 spiro atoms. The van der Waals surface area contributed by atoms with Crippen LogP contribution in [0.1, 0.15) is 12.8 Å². The van der Waals surface area contributed by atoms with Crippen LogP contribution in [0.5, 0.6) is 0 Å². The smallest absolute Gasteiger partial charge is 0.259 e. The fourth-order valence-corrected chi connectivity index (χ4v) is 3.85. The van der Waals surface area contributed by atoms with Crippen LogP contribution in [0.3, 0.4) is 0 Å². The van der Waals surface area contributed by atoms with E-state index in [9.17, 15) is 8.42 Å². The predicted octanol–water partition coefficient (Wildman–Crippen LogP) is 1.21. The van der Waals surface area contributed by atoms with Gasteiger partial charge in [0, 0.05) is 18.4 Å². The number of halogens is 1. The number of hydrogen-bond acceptors (Lipinski definition) is 3. The van der Waals surface area contributed by atoms with Crippen LogP contribution in [-0.2, 0) is 10.0 Å². The van der Waals surface area contributed by atoms with Gasteiger partial charge in [-0.25, -0.2) is 8.42 Å². The molecule has 90 valence electrons. The Kier molecular flexibility index (Phi) is 3.66. The minimum absolute atomic E-state index is 0.185. The van der Waals surface area contributed by atoms with Gasteiger partial charge in [-0.15, -0.1) is 0 Å². The highest BCUT2D eigenvalue weighted by atomic mass is 79.9. The van der Waals surface area contributed by atoms with Gasteiger partial charge in [-0.3, -0.25) is 5.10 Å². The molecule has 5 nitrogen and oxygen atoms in total. The molecular formula is C9H14BrN3O2S. The molecule has 2 heterocycles. The van der Waals surface area contributed by atoms with E-state index in [1.807, 2.05) is 0 Å². The zero-order valence-electron chi connectivity index (χ0n) is 8.76. The van der Waals surface area contributed by atoms with Crippen molar-refractivity contribution in [1.82, 2.24) is 14.5 Å². The van der Waals surface area contributed by atoms with Gasteiger partial charge in [0.1, 0.15) is 0 Å². The van der Waals surface area contributed by atoms with Crippen molar-refractivity contribution in [1.29, 1.82) is 0 Å². The summed E-state index contributed by atoms with van der Waals surface area (Å²) >= 11 is 3.44. The normalized spacial score (nSPS) is 20.1. The van der Waals surface area contributed by atoms with E-state index in [4.69, 9.17) is 0 Å². The first kappa shape index (κ1) is 12.1. The highest BCUT2D eigenvalue weighted by molar-refractivity contribution is 9.09. The quantitative estimate of drug-likeness (QED) is 0.854. The van der Waals surface area contributed by atoms with Crippen LogP contribution in [0, 0.1) is 5.92 Å². The van der Waals surface area contributed by atoms with Gasteiger partial charge in [0.2, 0.25) is 0 Å². The van der Waals surface area contributed by atoms with Crippen molar-refractivity contribution in [2.75, 3.05) is 18.4 Å². The number of sulfonamides is 1. The summed E-state index contributed by atoms with van der Waals surface area (Å²) in [7, 11) is -3.35. The summed E-state index contributed by atoms with van der Waals surface area (Å²) in [6, 6.07) is 1.49. The van der Waals surface area contributed by atoms with Gasteiger partial charge >= 0.3 is 0 Å². The molecule has 16 heavy (non-hydrogen) atoms. The molecule has 0 unspecified atom stereocenters. The minimum Gasteiger partial charge on any atom is -0.266 e. The molecule has 0 saturated carbocycles. The van der Waals surface area contributed by atoms with Gasteiger partial charge in [0.25, 0.3) is 10.0 Å². The number of rotatable bonds is 3.